The van der Waals surface area contributed by atoms with Crippen LogP contribution in [0.25, 0.3) is 0 Å². The summed E-state index contributed by atoms with van der Waals surface area (Å²) in [5.74, 6) is 1.33. The fourth-order valence-electron chi connectivity index (χ4n) is 3.87. The molecule has 0 amide bonds. The van der Waals surface area contributed by atoms with E-state index in [1.165, 1.54) is 30.5 Å². The molecule has 1 aliphatic rings. The van der Waals surface area contributed by atoms with Crippen molar-refractivity contribution in [2.45, 2.75) is 44.9 Å². The smallest absolute Gasteiger partial charge is 0.136 e. The Morgan fingerprint density at radius 3 is 2.36 bits per heavy atom. The Hall–Kier alpha value is -2.09. The number of para-hydroxylation sites is 1. The Labute approximate surface area is 151 Å². The van der Waals surface area contributed by atoms with Gasteiger partial charge < -0.3 is 5.32 Å². The minimum atomic E-state index is 0.258. The SMILES string of the molecule is O=C(CCc1ccccc1)C1CCCCC(CNc2ccccc2)C1. The quantitative estimate of drug-likeness (QED) is 0.677. The summed E-state index contributed by atoms with van der Waals surface area (Å²) in [6.07, 6.45) is 7.38. The third kappa shape index (κ3) is 5.74. The van der Waals surface area contributed by atoms with E-state index in [0.29, 0.717) is 18.1 Å². The maximum absolute atomic E-state index is 12.7. The molecule has 1 aliphatic carbocycles. The van der Waals surface area contributed by atoms with Gasteiger partial charge >= 0.3 is 0 Å². The van der Waals surface area contributed by atoms with Crippen LogP contribution in [0.5, 0.6) is 0 Å². The molecule has 0 saturated heterocycles. The lowest BCUT2D eigenvalue weighted by Crippen LogP contribution is -2.21. The van der Waals surface area contributed by atoms with Gasteiger partial charge in [-0.3, -0.25) is 4.79 Å². The normalized spacial score (nSPS) is 20.6. The van der Waals surface area contributed by atoms with E-state index in [4.69, 9.17) is 0 Å². The minimum Gasteiger partial charge on any atom is -0.385 e. The van der Waals surface area contributed by atoms with E-state index in [1.807, 2.05) is 12.1 Å². The fraction of sp³-hybridized carbons (Fsp3) is 0.435. The lowest BCUT2D eigenvalue weighted by atomic mass is 9.87. The molecule has 0 heterocycles. The highest BCUT2D eigenvalue weighted by molar-refractivity contribution is 5.81. The molecule has 2 heteroatoms. The highest BCUT2D eigenvalue weighted by atomic mass is 16.1. The molecule has 2 aromatic rings. The highest BCUT2D eigenvalue weighted by Crippen LogP contribution is 2.29. The van der Waals surface area contributed by atoms with Crippen LogP contribution in [0, 0.1) is 11.8 Å². The molecule has 1 fully saturated rings. The molecule has 2 nitrogen and oxygen atoms in total. The predicted octanol–water partition coefficient (Wildman–Crippen LogP) is 5.50. The van der Waals surface area contributed by atoms with E-state index in [0.717, 1.165) is 25.8 Å². The molecule has 0 radical (unpaired) electrons. The van der Waals surface area contributed by atoms with Crippen molar-refractivity contribution in [2.75, 3.05) is 11.9 Å². The largest absolute Gasteiger partial charge is 0.385 e. The number of hydrogen-bond donors (Lipinski definition) is 1. The molecule has 0 spiro atoms. The Morgan fingerprint density at radius 1 is 0.920 bits per heavy atom. The summed E-state index contributed by atoms with van der Waals surface area (Å²) < 4.78 is 0. The van der Waals surface area contributed by atoms with Crippen LogP contribution in [-0.4, -0.2) is 12.3 Å². The molecule has 0 aromatic heterocycles. The molecule has 1 saturated carbocycles. The maximum Gasteiger partial charge on any atom is 0.136 e. The van der Waals surface area contributed by atoms with Gasteiger partial charge in [-0.25, -0.2) is 0 Å². The minimum absolute atomic E-state index is 0.258. The van der Waals surface area contributed by atoms with Gasteiger partial charge in [0.05, 0.1) is 0 Å². The molecular formula is C23H29NO. The first kappa shape index (κ1) is 17.7. The van der Waals surface area contributed by atoms with Gasteiger partial charge in [-0.1, -0.05) is 61.4 Å². The van der Waals surface area contributed by atoms with Crippen LogP contribution in [0.3, 0.4) is 0 Å². The summed E-state index contributed by atoms with van der Waals surface area (Å²) in [4.78, 5) is 12.7. The first-order valence-corrected chi connectivity index (χ1v) is 9.67. The number of ketones is 1. The van der Waals surface area contributed by atoms with E-state index in [9.17, 15) is 4.79 Å². The predicted molar refractivity (Wildman–Crippen MR) is 105 cm³/mol. The van der Waals surface area contributed by atoms with Gasteiger partial charge in [-0.15, -0.1) is 0 Å². The number of nitrogens with one attached hydrogen (secondary N) is 1. The van der Waals surface area contributed by atoms with E-state index in [1.54, 1.807) is 0 Å². The van der Waals surface area contributed by atoms with Crippen LogP contribution in [0.2, 0.25) is 0 Å². The van der Waals surface area contributed by atoms with E-state index >= 15 is 0 Å². The first-order valence-electron chi connectivity index (χ1n) is 9.67. The molecule has 0 bridgehead atoms. The summed E-state index contributed by atoms with van der Waals surface area (Å²) in [6.45, 7) is 0.979. The van der Waals surface area contributed by atoms with Crippen LogP contribution < -0.4 is 5.32 Å². The second-order valence-corrected chi connectivity index (χ2v) is 7.28. The number of hydrogen-bond acceptors (Lipinski definition) is 2. The fourth-order valence-corrected chi connectivity index (χ4v) is 3.87. The lowest BCUT2D eigenvalue weighted by Gasteiger charge is -2.20. The summed E-state index contributed by atoms with van der Waals surface area (Å²) in [6, 6.07) is 20.8. The molecule has 1 N–H and O–H groups in total. The third-order valence-corrected chi connectivity index (χ3v) is 5.36. The van der Waals surface area contributed by atoms with E-state index in [-0.39, 0.29) is 5.92 Å². The lowest BCUT2D eigenvalue weighted by molar-refractivity contribution is -0.123. The maximum atomic E-state index is 12.7. The van der Waals surface area contributed by atoms with Crippen molar-refractivity contribution in [3.63, 3.8) is 0 Å². The molecule has 0 aliphatic heterocycles. The van der Waals surface area contributed by atoms with Crippen LogP contribution in [0.15, 0.2) is 60.7 Å². The molecule has 25 heavy (non-hydrogen) atoms. The van der Waals surface area contributed by atoms with Crippen molar-refractivity contribution < 1.29 is 4.79 Å². The van der Waals surface area contributed by atoms with Gasteiger partial charge in [0.15, 0.2) is 0 Å². The highest BCUT2D eigenvalue weighted by Gasteiger charge is 2.25. The van der Waals surface area contributed by atoms with Crippen molar-refractivity contribution in [1.29, 1.82) is 0 Å². The standard InChI is InChI=1S/C23H29NO/c25-23(16-15-19-9-3-1-4-10-19)21-12-8-7-11-20(17-21)18-24-22-13-5-2-6-14-22/h1-6,9-10,13-14,20-21,24H,7-8,11-12,15-18H2. The Bertz CT molecular complexity index is 638. The van der Waals surface area contributed by atoms with Crippen LogP contribution in [0.1, 0.15) is 44.1 Å². The van der Waals surface area contributed by atoms with Gasteiger partial charge in [-0.2, -0.15) is 0 Å². The van der Waals surface area contributed by atoms with Crippen LogP contribution in [-0.2, 0) is 11.2 Å². The number of carbonyl (C=O) groups is 1. The number of carbonyl (C=O) groups excluding carboxylic acids is 1. The van der Waals surface area contributed by atoms with E-state index < -0.39 is 0 Å². The summed E-state index contributed by atoms with van der Waals surface area (Å²) in [5.41, 5.74) is 2.45. The summed E-state index contributed by atoms with van der Waals surface area (Å²) in [5, 5.41) is 3.55. The third-order valence-electron chi connectivity index (χ3n) is 5.36. The Kier molecular flexibility index (Phi) is 6.67. The molecular weight excluding hydrogens is 306 g/mol. The molecule has 2 aromatic carbocycles. The van der Waals surface area contributed by atoms with Gasteiger partial charge in [0.2, 0.25) is 0 Å². The topological polar surface area (TPSA) is 29.1 Å². The second-order valence-electron chi connectivity index (χ2n) is 7.28. The van der Waals surface area contributed by atoms with Crippen LogP contribution >= 0.6 is 0 Å². The van der Waals surface area contributed by atoms with Gasteiger partial charge in [0.25, 0.3) is 0 Å². The molecule has 2 atom stereocenters. The van der Waals surface area contributed by atoms with Crippen molar-refractivity contribution >= 4 is 11.5 Å². The summed E-state index contributed by atoms with van der Waals surface area (Å²) in [7, 11) is 0. The Balaban J connectivity index is 1.49. The molecule has 2 unspecified atom stereocenters. The average Bonchev–Trinajstić information content (AvgIpc) is 2.92. The Morgan fingerprint density at radius 2 is 1.60 bits per heavy atom. The monoisotopic (exact) mass is 335 g/mol. The number of Topliss-reactive ketones (excluding diaryl/α,β-unsaturated/α-hetero) is 1. The number of anilines is 1. The zero-order valence-corrected chi connectivity index (χ0v) is 15.0. The van der Waals surface area contributed by atoms with Crippen LogP contribution in [0.4, 0.5) is 5.69 Å². The number of rotatable bonds is 7. The molecule has 132 valence electrons. The van der Waals surface area contributed by atoms with E-state index in [2.05, 4.69) is 53.8 Å². The molecule has 3 rings (SSSR count). The van der Waals surface area contributed by atoms with Crippen molar-refractivity contribution in [2.24, 2.45) is 11.8 Å². The number of aryl methyl sites for hydroxylation is 1. The number of benzene rings is 2. The van der Waals surface area contributed by atoms with Crippen molar-refractivity contribution in [1.82, 2.24) is 0 Å². The van der Waals surface area contributed by atoms with Gasteiger partial charge in [-0.05, 0) is 49.3 Å². The second kappa shape index (κ2) is 9.41. The average molecular weight is 335 g/mol. The summed E-state index contributed by atoms with van der Waals surface area (Å²) >= 11 is 0. The van der Waals surface area contributed by atoms with Crippen molar-refractivity contribution in [3.8, 4) is 0 Å². The van der Waals surface area contributed by atoms with Gasteiger partial charge in [0, 0.05) is 24.6 Å². The zero-order chi connectivity index (χ0) is 17.3. The first-order chi connectivity index (χ1) is 12.3. The van der Waals surface area contributed by atoms with Gasteiger partial charge in [0.1, 0.15) is 5.78 Å². The zero-order valence-electron chi connectivity index (χ0n) is 15.0. The van der Waals surface area contributed by atoms with Crippen molar-refractivity contribution in [3.05, 3.63) is 66.2 Å².